The summed E-state index contributed by atoms with van der Waals surface area (Å²) in [4.78, 5) is 26.0. The summed E-state index contributed by atoms with van der Waals surface area (Å²) < 4.78 is 0. The van der Waals surface area contributed by atoms with Crippen LogP contribution >= 0.6 is 0 Å². The van der Waals surface area contributed by atoms with E-state index in [-0.39, 0.29) is 104 Å². The summed E-state index contributed by atoms with van der Waals surface area (Å²) in [5.41, 5.74) is 0. The monoisotopic (exact) mass is 412 g/mol. The van der Waals surface area contributed by atoms with E-state index < -0.39 is 0 Å². The molecule has 0 aromatic heterocycles. The zero-order valence-electron chi connectivity index (χ0n) is 8.03. The minimum absolute atomic E-state index is 0. The van der Waals surface area contributed by atoms with Crippen LogP contribution in [0.15, 0.2) is 0 Å². The minimum atomic E-state index is 0. The molecule has 0 saturated heterocycles. The van der Waals surface area contributed by atoms with Crippen molar-refractivity contribution in [2.24, 2.45) is 0 Å². The second-order valence-electron chi connectivity index (χ2n) is 0.612. The Kier molecular flexibility index (Phi) is 316. The van der Waals surface area contributed by atoms with Gasteiger partial charge in [0, 0.05) is 98.1 Å². The molecule has 13 heavy (non-hydrogen) atoms. The van der Waals surface area contributed by atoms with Crippen LogP contribution in [0, 0.1) is 0 Å². The number of carbonyl (C=O) groups excluding carboxylic acids is 3. The molecule has 3 radical (unpaired) electrons. The maximum absolute atomic E-state index is 8.68. The van der Waals surface area contributed by atoms with Crippen LogP contribution in [0.2, 0.25) is 0 Å². The second-order valence-corrected chi connectivity index (χ2v) is 0.612. The van der Waals surface area contributed by atoms with Gasteiger partial charge in [-0.25, -0.2) is 0 Å². The average molecular weight is 412 g/mol. The Morgan fingerprint density at radius 1 is 0.615 bits per heavy atom. The molecule has 0 aliphatic heterocycles. The predicted octanol–water partition coefficient (Wildman–Crippen LogP) is 1.06. The average Bonchev–Trinajstić information content (AvgIpc) is 1.70. The van der Waals surface area contributed by atoms with Crippen LogP contribution in [0.5, 0.6) is 0 Å². The molecule has 0 unspecified atom stereocenters. The normalized spacial score (nSPS) is 3.00. The van der Waals surface area contributed by atoms with Crippen molar-refractivity contribution >= 4 is 18.9 Å². The van der Waals surface area contributed by atoms with Crippen LogP contribution in [0.4, 0.5) is 0 Å². The first-order chi connectivity index (χ1) is 4.24. The van der Waals surface area contributed by atoms with E-state index in [1.54, 1.807) is 0 Å². The summed E-state index contributed by atoms with van der Waals surface area (Å²) in [6.07, 6.45) is 4.50. The third-order valence-electron chi connectivity index (χ3n) is 0. The molecule has 4 nitrogen and oxygen atoms in total. The fourth-order valence-electron chi connectivity index (χ4n) is 0. The van der Waals surface area contributed by atoms with Crippen molar-refractivity contribution in [2.45, 2.75) is 20.8 Å². The van der Waals surface area contributed by atoms with Crippen LogP contribution in [0.3, 0.4) is 0 Å². The first-order valence-electron chi connectivity index (χ1n) is 2.11. The van der Waals surface area contributed by atoms with Gasteiger partial charge < -0.3 is 20.5 Å². The molecule has 71 valence electrons. The smallest absolute Gasteiger partial charge is 0 e. The SMILES string of the molecule is C[C-]=O.C[C-]=O.C[C-]=O.[NH2-].[Y].[Y].[Y]. The van der Waals surface area contributed by atoms with E-state index in [1.165, 1.54) is 39.6 Å². The molecular weight excluding hydrogens is 401 g/mol. The Labute approximate surface area is 155 Å². The van der Waals surface area contributed by atoms with Crippen molar-refractivity contribution in [3.05, 3.63) is 6.15 Å². The van der Waals surface area contributed by atoms with Gasteiger partial charge in [-0.15, -0.1) is 0 Å². The number of rotatable bonds is 0. The zero-order valence-corrected chi connectivity index (χ0v) is 16.5. The van der Waals surface area contributed by atoms with Crippen molar-refractivity contribution < 1.29 is 113 Å². The van der Waals surface area contributed by atoms with Gasteiger partial charge in [0.25, 0.3) is 0 Å². The molecule has 0 aromatic carbocycles. The molecule has 0 rings (SSSR count). The quantitative estimate of drug-likeness (QED) is 0.558. The van der Waals surface area contributed by atoms with Gasteiger partial charge in [0.15, 0.2) is 0 Å². The van der Waals surface area contributed by atoms with Crippen molar-refractivity contribution in [2.75, 3.05) is 0 Å². The molecule has 0 spiro atoms. The van der Waals surface area contributed by atoms with Gasteiger partial charge in [-0.2, -0.15) is 20.8 Å². The van der Waals surface area contributed by atoms with E-state index in [9.17, 15) is 0 Å². The topological polar surface area (TPSA) is 84.7 Å². The molecule has 0 aromatic rings. The molecule has 0 amide bonds. The maximum Gasteiger partial charge on any atom is 0 e. The van der Waals surface area contributed by atoms with Gasteiger partial charge >= 0.3 is 0 Å². The molecule has 2 N–H and O–H groups in total. The fourth-order valence-corrected chi connectivity index (χ4v) is 0. The van der Waals surface area contributed by atoms with Crippen molar-refractivity contribution in [1.82, 2.24) is 0 Å². The summed E-state index contributed by atoms with van der Waals surface area (Å²) in [6.45, 7) is 3.96. The summed E-state index contributed by atoms with van der Waals surface area (Å²) in [6, 6.07) is 0. The Bertz CT molecular complexity index is 59.9. The molecule has 0 heterocycles. The Morgan fingerprint density at radius 2 is 0.615 bits per heavy atom. The zero-order chi connectivity index (χ0) is 8.12. The van der Waals surface area contributed by atoms with Gasteiger partial charge in [-0.1, -0.05) is 0 Å². The van der Waals surface area contributed by atoms with Gasteiger partial charge in [0.2, 0.25) is 0 Å². The van der Waals surface area contributed by atoms with Crippen molar-refractivity contribution in [3.63, 3.8) is 0 Å². The van der Waals surface area contributed by atoms with Gasteiger partial charge in [-0.05, 0) is 0 Å². The molecule has 0 aliphatic carbocycles. The van der Waals surface area contributed by atoms with Crippen LogP contribution in [0.25, 0.3) is 6.15 Å². The van der Waals surface area contributed by atoms with Crippen LogP contribution in [-0.2, 0) is 113 Å². The second kappa shape index (κ2) is 90.3. The summed E-state index contributed by atoms with van der Waals surface area (Å²) in [7, 11) is 0. The molecule has 0 aliphatic rings. The maximum atomic E-state index is 8.68. The van der Waals surface area contributed by atoms with E-state index in [4.69, 9.17) is 14.4 Å². The van der Waals surface area contributed by atoms with Gasteiger partial charge in [0.1, 0.15) is 0 Å². The van der Waals surface area contributed by atoms with Crippen LogP contribution < -0.4 is 0 Å². The predicted molar refractivity (Wildman–Crippen MR) is 39.4 cm³/mol. The molecule has 7 heteroatoms. The standard InChI is InChI=1S/3C2H3O.H2N.3Y/c3*1-2-3;;;;/h3*1H3;1H2;;;/q4*-1;;;. The minimum Gasteiger partial charge on any atom is -0.693 e. The van der Waals surface area contributed by atoms with E-state index >= 15 is 0 Å². The summed E-state index contributed by atoms with van der Waals surface area (Å²) >= 11 is 0. The number of nitrogens with two attached hydrogens (primary N) is 1. The van der Waals surface area contributed by atoms with Crippen LogP contribution in [-0.4, -0.2) is 18.9 Å². The fraction of sp³-hybridized carbons (Fsp3) is 0.500. The van der Waals surface area contributed by atoms with E-state index in [2.05, 4.69) is 0 Å². The first-order valence-corrected chi connectivity index (χ1v) is 2.11. The number of hydrogen-bond donors (Lipinski definition) is 0. The summed E-state index contributed by atoms with van der Waals surface area (Å²) in [5.74, 6) is 0. The van der Waals surface area contributed by atoms with E-state index in [0.717, 1.165) is 0 Å². The van der Waals surface area contributed by atoms with E-state index in [0.29, 0.717) is 0 Å². The van der Waals surface area contributed by atoms with Crippen molar-refractivity contribution in [1.29, 1.82) is 0 Å². The molecular formula is C6H11NO3Y3-4. The molecule has 0 bridgehead atoms. The van der Waals surface area contributed by atoms with Crippen molar-refractivity contribution in [3.8, 4) is 0 Å². The van der Waals surface area contributed by atoms with Gasteiger partial charge in [-0.3, -0.25) is 18.9 Å². The first kappa shape index (κ1) is 45.4. The third-order valence-corrected chi connectivity index (χ3v) is 0. The summed E-state index contributed by atoms with van der Waals surface area (Å²) in [5, 5.41) is 0. The Morgan fingerprint density at radius 3 is 0.615 bits per heavy atom. The third kappa shape index (κ3) is 414. The van der Waals surface area contributed by atoms with Crippen LogP contribution in [0.1, 0.15) is 20.8 Å². The number of hydrogen-bond acceptors (Lipinski definition) is 3. The Hall–Kier alpha value is 2.28. The van der Waals surface area contributed by atoms with E-state index in [1.807, 2.05) is 0 Å². The Balaban J connectivity index is -0.00000000720. The molecule has 0 atom stereocenters. The van der Waals surface area contributed by atoms with Gasteiger partial charge in [0.05, 0.1) is 0 Å². The molecule has 0 saturated carbocycles. The molecule has 0 fully saturated rings. The largest absolute Gasteiger partial charge is 0.693 e.